The molecule has 31 heavy (non-hydrogen) atoms. The van der Waals surface area contributed by atoms with Crippen molar-refractivity contribution in [2.45, 2.75) is 93.8 Å². The first-order valence-corrected chi connectivity index (χ1v) is 10.9. The van der Waals surface area contributed by atoms with Crippen LogP contribution >= 0.6 is 0 Å². The maximum Gasteiger partial charge on any atom is 0.215 e. The fourth-order valence-electron chi connectivity index (χ4n) is 4.69. The lowest BCUT2D eigenvalue weighted by Gasteiger charge is -2.48. The van der Waals surface area contributed by atoms with Gasteiger partial charge in [0.05, 0.1) is 24.8 Å². The van der Waals surface area contributed by atoms with Crippen molar-refractivity contribution in [3.05, 3.63) is 11.8 Å². The van der Waals surface area contributed by atoms with Gasteiger partial charge in [-0.1, -0.05) is 6.92 Å². The van der Waals surface area contributed by atoms with Gasteiger partial charge >= 0.3 is 0 Å². The summed E-state index contributed by atoms with van der Waals surface area (Å²) in [7, 11) is 0. The Morgan fingerprint density at radius 1 is 1.06 bits per heavy atom. The van der Waals surface area contributed by atoms with Crippen LogP contribution < -0.4 is 22.9 Å². The number of hydrogen-bond donors (Lipinski definition) is 7. The second kappa shape index (κ2) is 9.96. The van der Waals surface area contributed by atoms with Gasteiger partial charge < -0.3 is 57.2 Å². The van der Waals surface area contributed by atoms with E-state index in [1.54, 1.807) is 6.92 Å². The quantitative estimate of drug-likeness (QED) is 0.229. The van der Waals surface area contributed by atoms with Crippen LogP contribution in [0.15, 0.2) is 11.8 Å². The van der Waals surface area contributed by atoms with E-state index in [1.165, 1.54) is 0 Å². The zero-order chi connectivity index (χ0) is 22.9. The third-order valence-corrected chi connectivity index (χ3v) is 6.55. The van der Waals surface area contributed by atoms with Gasteiger partial charge in [-0.05, 0) is 32.3 Å². The summed E-state index contributed by atoms with van der Waals surface area (Å²) in [4.78, 5) is 0. The van der Waals surface area contributed by atoms with Crippen LogP contribution in [0, 0.1) is 5.92 Å². The number of aliphatic hydroxyl groups excluding tert-OH is 2. The lowest BCUT2D eigenvalue weighted by Crippen LogP contribution is -2.66. The first-order chi connectivity index (χ1) is 14.6. The first kappa shape index (κ1) is 24.8. The Kier molecular flexibility index (Phi) is 7.96. The fraction of sp³-hybridized carbons (Fsp3) is 0.900. The Morgan fingerprint density at radius 2 is 1.68 bits per heavy atom. The molecule has 0 aromatic carbocycles. The van der Waals surface area contributed by atoms with E-state index in [1.807, 2.05) is 13.0 Å². The number of aliphatic hydroxyl groups is 3. The van der Waals surface area contributed by atoms with Gasteiger partial charge in [-0.15, -0.1) is 0 Å². The average Bonchev–Trinajstić information content (AvgIpc) is 2.71. The summed E-state index contributed by atoms with van der Waals surface area (Å²) in [6.07, 6.45) is -2.76. The summed E-state index contributed by atoms with van der Waals surface area (Å²) in [5.41, 5.74) is 23.0. The molecule has 0 spiro atoms. The highest BCUT2D eigenvalue weighted by Gasteiger charge is 2.50. The maximum atomic E-state index is 11.0. The van der Waals surface area contributed by atoms with Gasteiger partial charge in [0.2, 0.25) is 6.29 Å². The smallest absolute Gasteiger partial charge is 0.215 e. The van der Waals surface area contributed by atoms with Crippen LogP contribution in [-0.4, -0.2) is 89.2 Å². The monoisotopic (exact) mass is 446 g/mol. The molecule has 180 valence electrons. The Labute approximate surface area is 182 Å². The molecular weight excluding hydrogens is 408 g/mol. The van der Waals surface area contributed by atoms with Crippen molar-refractivity contribution in [1.29, 1.82) is 0 Å². The third kappa shape index (κ3) is 5.22. The summed E-state index contributed by atoms with van der Waals surface area (Å²) in [6.45, 7) is 3.68. The molecule has 3 rings (SSSR count). The SMILES string of the molecule is CC[C@@H]1[C@@H](O)[C@@H](O[C@@H]2[C@@H](O)[C@H](O[C@H]3OC(CN)=CC[C@H]3N)[C@@H](N)C[C@H]2N)OC[C@]1(C)O. The van der Waals surface area contributed by atoms with Crippen LogP contribution in [0.1, 0.15) is 33.1 Å². The molecule has 2 fully saturated rings. The maximum absolute atomic E-state index is 11.0. The number of hydrogen-bond acceptors (Lipinski definition) is 11. The van der Waals surface area contributed by atoms with Crippen LogP contribution in [0.2, 0.25) is 0 Å². The second-order valence-corrected chi connectivity index (χ2v) is 9.06. The number of ether oxygens (including phenoxy) is 4. The van der Waals surface area contributed by atoms with Crippen LogP contribution in [0.25, 0.3) is 0 Å². The predicted molar refractivity (Wildman–Crippen MR) is 111 cm³/mol. The van der Waals surface area contributed by atoms with Gasteiger partial charge in [-0.25, -0.2) is 0 Å². The fourth-order valence-corrected chi connectivity index (χ4v) is 4.69. The summed E-state index contributed by atoms with van der Waals surface area (Å²) in [5.74, 6) is 0.110. The van der Waals surface area contributed by atoms with Crippen molar-refractivity contribution in [2.24, 2.45) is 28.9 Å². The normalized spacial score (nSPS) is 48.7. The highest BCUT2D eigenvalue weighted by molar-refractivity contribution is 5.04. The first-order valence-electron chi connectivity index (χ1n) is 10.9. The molecule has 0 aromatic heterocycles. The zero-order valence-corrected chi connectivity index (χ0v) is 18.2. The van der Waals surface area contributed by atoms with Crippen molar-refractivity contribution in [3.8, 4) is 0 Å². The van der Waals surface area contributed by atoms with Crippen LogP contribution in [0.4, 0.5) is 0 Å². The molecule has 1 saturated heterocycles. The van der Waals surface area contributed by atoms with Gasteiger partial charge in [0, 0.05) is 18.0 Å². The van der Waals surface area contributed by atoms with E-state index in [-0.39, 0.29) is 13.2 Å². The van der Waals surface area contributed by atoms with Gasteiger partial charge in [-0.3, -0.25) is 0 Å². The molecule has 0 bridgehead atoms. The Hall–Kier alpha value is -0.860. The van der Waals surface area contributed by atoms with Crippen LogP contribution in [-0.2, 0) is 18.9 Å². The minimum Gasteiger partial charge on any atom is -0.467 e. The van der Waals surface area contributed by atoms with Gasteiger partial charge in [0.25, 0.3) is 0 Å². The molecule has 11 atom stereocenters. The predicted octanol–water partition coefficient (Wildman–Crippen LogP) is -2.41. The second-order valence-electron chi connectivity index (χ2n) is 9.06. The van der Waals surface area contributed by atoms with Gasteiger partial charge in [0.1, 0.15) is 30.2 Å². The molecule has 11 nitrogen and oxygen atoms in total. The molecule has 2 aliphatic heterocycles. The molecule has 1 aliphatic carbocycles. The van der Waals surface area contributed by atoms with Crippen molar-refractivity contribution in [2.75, 3.05) is 13.2 Å². The minimum atomic E-state index is -1.21. The number of nitrogens with two attached hydrogens (primary N) is 4. The largest absolute Gasteiger partial charge is 0.467 e. The van der Waals surface area contributed by atoms with Crippen LogP contribution in [0.5, 0.6) is 0 Å². The minimum absolute atomic E-state index is 0.0102. The lowest BCUT2D eigenvalue weighted by atomic mass is 9.80. The van der Waals surface area contributed by atoms with E-state index in [9.17, 15) is 15.3 Å². The third-order valence-electron chi connectivity index (χ3n) is 6.55. The van der Waals surface area contributed by atoms with Crippen molar-refractivity contribution >= 4 is 0 Å². The molecular formula is C20H38N4O7. The molecule has 0 radical (unpaired) electrons. The van der Waals surface area contributed by atoms with E-state index in [0.717, 1.165) is 0 Å². The Balaban J connectivity index is 1.69. The molecule has 1 saturated carbocycles. The Morgan fingerprint density at radius 3 is 2.26 bits per heavy atom. The number of rotatable bonds is 6. The summed E-state index contributed by atoms with van der Waals surface area (Å²) in [5, 5.41) is 32.2. The van der Waals surface area contributed by atoms with E-state index >= 15 is 0 Å². The topological polar surface area (TPSA) is 202 Å². The van der Waals surface area contributed by atoms with Gasteiger partial charge in [0.15, 0.2) is 6.29 Å². The van der Waals surface area contributed by atoms with Crippen LogP contribution in [0.3, 0.4) is 0 Å². The lowest BCUT2D eigenvalue weighted by molar-refractivity contribution is -0.312. The van der Waals surface area contributed by atoms with E-state index in [4.69, 9.17) is 41.9 Å². The molecule has 2 heterocycles. The highest BCUT2D eigenvalue weighted by atomic mass is 16.7. The summed E-state index contributed by atoms with van der Waals surface area (Å²) in [6, 6.07) is -1.63. The van der Waals surface area contributed by atoms with E-state index < -0.39 is 66.6 Å². The summed E-state index contributed by atoms with van der Waals surface area (Å²) >= 11 is 0. The average molecular weight is 447 g/mol. The highest BCUT2D eigenvalue weighted by Crippen LogP contribution is 2.35. The zero-order valence-electron chi connectivity index (χ0n) is 18.2. The van der Waals surface area contributed by atoms with Crippen molar-refractivity contribution in [1.82, 2.24) is 0 Å². The summed E-state index contributed by atoms with van der Waals surface area (Å²) < 4.78 is 23.2. The van der Waals surface area contributed by atoms with Crippen molar-refractivity contribution < 1.29 is 34.3 Å². The molecule has 0 aromatic rings. The van der Waals surface area contributed by atoms with E-state index in [2.05, 4.69) is 0 Å². The molecule has 11 heteroatoms. The van der Waals surface area contributed by atoms with Gasteiger partial charge in [-0.2, -0.15) is 0 Å². The molecule has 0 unspecified atom stereocenters. The van der Waals surface area contributed by atoms with Crippen molar-refractivity contribution in [3.63, 3.8) is 0 Å². The molecule has 3 aliphatic rings. The molecule has 11 N–H and O–H groups in total. The standard InChI is InChI=1S/C20H38N4O7/c1-3-10-14(25)19(28-8-20(10,2)27)31-17-13(24)6-12(23)16(15(17)26)30-18-11(22)5-4-9(7-21)29-18/h4,10-19,25-27H,3,5-8,21-24H2,1-2H3/t10-,11-,12+,13-,14-,15+,16-,17+,18-,19-,20+/m1/s1. The van der Waals surface area contributed by atoms with E-state index in [0.29, 0.717) is 25.0 Å². The molecule has 0 amide bonds. The Bertz CT molecular complexity index is 637.